The minimum Gasteiger partial charge on any atom is -0.490 e. The van der Waals surface area contributed by atoms with E-state index in [0.717, 1.165) is 0 Å². The first kappa shape index (κ1) is 15.3. The van der Waals surface area contributed by atoms with Gasteiger partial charge in [-0.05, 0) is 38.5 Å². The number of benzene rings is 1. The van der Waals surface area contributed by atoms with Gasteiger partial charge in [-0.1, -0.05) is 6.07 Å². The predicted molar refractivity (Wildman–Crippen MR) is 70.4 cm³/mol. The maximum atomic E-state index is 11.3. The van der Waals surface area contributed by atoms with Crippen LogP contribution in [0.5, 0.6) is 11.5 Å². The molecule has 1 atom stereocenters. The molecule has 0 amide bonds. The first-order valence-electron chi connectivity index (χ1n) is 6.18. The van der Waals surface area contributed by atoms with Crippen LogP contribution in [0.2, 0.25) is 0 Å². The van der Waals surface area contributed by atoms with Gasteiger partial charge in [-0.3, -0.25) is 0 Å². The fraction of sp³-hybridized carbons (Fsp3) is 0.500. The Labute approximate surface area is 113 Å². The third kappa shape index (κ3) is 4.13. The van der Waals surface area contributed by atoms with Crippen LogP contribution in [-0.4, -0.2) is 30.9 Å². The van der Waals surface area contributed by atoms with E-state index in [9.17, 15) is 9.90 Å². The molecule has 0 heterocycles. The lowest BCUT2D eigenvalue weighted by molar-refractivity contribution is -0.150. The fourth-order valence-electron chi connectivity index (χ4n) is 1.56. The second-order valence-corrected chi connectivity index (χ2v) is 4.23. The van der Waals surface area contributed by atoms with E-state index in [-0.39, 0.29) is 6.10 Å². The van der Waals surface area contributed by atoms with Crippen molar-refractivity contribution < 1.29 is 24.1 Å². The van der Waals surface area contributed by atoms with Crippen LogP contribution in [-0.2, 0) is 9.53 Å². The summed E-state index contributed by atoms with van der Waals surface area (Å²) in [5.41, 5.74) is 0.409. The molecule has 0 saturated heterocycles. The maximum Gasteiger partial charge on any atom is 0.339 e. The van der Waals surface area contributed by atoms with E-state index in [4.69, 9.17) is 9.47 Å². The van der Waals surface area contributed by atoms with E-state index in [1.165, 1.54) is 7.11 Å². The first-order chi connectivity index (χ1) is 8.99. The molecule has 1 rings (SSSR count). The largest absolute Gasteiger partial charge is 0.490 e. The molecule has 5 nitrogen and oxygen atoms in total. The van der Waals surface area contributed by atoms with E-state index >= 15 is 0 Å². The Balaban J connectivity index is 3.04. The second kappa shape index (κ2) is 6.99. The molecule has 106 valence electrons. The molecule has 0 aromatic heterocycles. The van der Waals surface area contributed by atoms with Crippen LogP contribution in [0, 0.1) is 0 Å². The van der Waals surface area contributed by atoms with Gasteiger partial charge in [0.15, 0.2) is 17.6 Å². The molecule has 0 aliphatic rings. The minimum atomic E-state index is -1.32. The average Bonchev–Trinajstić information content (AvgIpc) is 2.38. The van der Waals surface area contributed by atoms with Gasteiger partial charge in [0, 0.05) is 0 Å². The number of ether oxygens (including phenoxy) is 3. The monoisotopic (exact) mass is 268 g/mol. The van der Waals surface area contributed by atoms with Gasteiger partial charge in [0.05, 0.1) is 19.8 Å². The van der Waals surface area contributed by atoms with Crippen molar-refractivity contribution in [2.24, 2.45) is 0 Å². The molecule has 1 unspecified atom stereocenters. The van der Waals surface area contributed by atoms with Crippen LogP contribution < -0.4 is 9.47 Å². The molecule has 0 fully saturated rings. The lowest BCUT2D eigenvalue weighted by atomic mass is 10.1. The van der Waals surface area contributed by atoms with Crippen molar-refractivity contribution in [3.63, 3.8) is 0 Å². The summed E-state index contributed by atoms with van der Waals surface area (Å²) in [6.45, 7) is 6.13. The molecule has 0 bridgehead atoms. The summed E-state index contributed by atoms with van der Waals surface area (Å²) in [4.78, 5) is 11.3. The van der Waals surface area contributed by atoms with Gasteiger partial charge < -0.3 is 19.3 Å². The van der Waals surface area contributed by atoms with Crippen molar-refractivity contribution in [2.45, 2.75) is 33.0 Å². The highest BCUT2D eigenvalue weighted by molar-refractivity contribution is 5.76. The first-order valence-corrected chi connectivity index (χ1v) is 6.18. The van der Waals surface area contributed by atoms with Gasteiger partial charge >= 0.3 is 5.97 Å². The molecule has 0 aliphatic carbocycles. The van der Waals surface area contributed by atoms with Gasteiger partial charge in [0.1, 0.15) is 0 Å². The number of hydrogen-bond donors (Lipinski definition) is 1. The molecular formula is C14H20O5. The van der Waals surface area contributed by atoms with Gasteiger partial charge in [0.25, 0.3) is 0 Å². The smallest absolute Gasteiger partial charge is 0.339 e. The topological polar surface area (TPSA) is 65.0 Å². The van der Waals surface area contributed by atoms with Crippen LogP contribution in [0.15, 0.2) is 18.2 Å². The number of carbonyl (C=O) groups is 1. The summed E-state index contributed by atoms with van der Waals surface area (Å²) < 4.78 is 15.6. The Morgan fingerprint density at radius 1 is 1.32 bits per heavy atom. The molecule has 0 radical (unpaired) electrons. The molecular weight excluding hydrogens is 248 g/mol. The summed E-state index contributed by atoms with van der Waals surface area (Å²) in [5.74, 6) is 0.370. The number of rotatable bonds is 6. The standard InChI is InChI=1S/C14H20O5/c1-5-18-12-8-10(13(15)14(16)17-4)6-7-11(12)19-9(2)3/h6-9,13,15H,5H2,1-4H3. The van der Waals surface area contributed by atoms with Gasteiger partial charge in [-0.15, -0.1) is 0 Å². The van der Waals surface area contributed by atoms with Gasteiger partial charge in [-0.25, -0.2) is 4.79 Å². The normalized spacial score (nSPS) is 12.1. The van der Waals surface area contributed by atoms with Crippen molar-refractivity contribution in [3.05, 3.63) is 23.8 Å². The quantitative estimate of drug-likeness (QED) is 0.800. The van der Waals surface area contributed by atoms with Crippen molar-refractivity contribution in [1.82, 2.24) is 0 Å². The van der Waals surface area contributed by atoms with Crippen LogP contribution >= 0.6 is 0 Å². The van der Waals surface area contributed by atoms with E-state index in [0.29, 0.717) is 23.7 Å². The number of hydrogen-bond acceptors (Lipinski definition) is 5. The SMILES string of the molecule is CCOc1cc(C(O)C(=O)OC)ccc1OC(C)C. The molecule has 1 N–H and O–H groups in total. The molecule has 0 spiro atoms. The molecule has 1 aromatic carbocycles. The summed E-state index contributed by atoms with van der Waals surface area (Å²) in [6, 6.07) is 4.87. The van der Waals surface area contributed by atoms with E-state index in [1.54, 1.807) is 18.2 Å². The summed E-state index contributed by atoms with van der Waals surface area (Å²) in [7, 11) is 1.23. The number of aliphatic hydroxyl groups excluding tert-OH is 1. The number of esters is 1. The van der Waals surface area contributed by atoms with E-state index in [1.807, 2.05) is 20.8 Å². The number of aliphatic hydroxyl groups is 1. The van der Waals surface area contributed by atoms with Crippen LogP contribution in [0.25, 0.3) is 0 Å². The zero-order valence-corrected chi connectivity index (χ0v) is 11.7. The van der Waals surface area contributed by atoms with E-state index in [2.05, 4.69) is 4.74 Å². The molecule has 5 heteroatoms. The van der Waals surface area contributed by atoms with Crippen molar-refractivity contribution in [3.8, 4) is 11.5 Å². The lowest BCUT2D eigenvalue weighted by Gasteiger charge is -2.16. The van der Waals surface area contributed by atoms with Crippen LogP contribution in [0.1, 0.15) is 32.4 Å². The minimum absolute atomic E-state index is 0.00980. The third-order valence-corrected chi connectivity index (χ3v) is 2.37. The zero-order chi connectivity index (χ0) is 14.4. The Bertz CT molecular complexity index is 428. The predicted octanol–water partition coefficient (Wildman–Crippen LogP) is 2.08. The van der Waals surface area contributed by atoms with Crippen molar-refractivity contribution in [1.29, 1.82) is 0 Å². The van der Waals surface area contributed by atoms with Crippen LogP contribution in [0.4, 0.5) is 0 Å². The molecule has 0 aliphatic heterocycles. The lowest BCUT2D eigenvalue weighted by Crippen LogP contribution is -2.14. The maximum absolute atomic E-state index is 11.3. The van der Waals surface area contributed by atoms with Crippen molar-refractivity contribution in [2.75, 3.05) is 13.7 Å². The Hall–Kier alpha value is -1.75. The molecule has 19 heavy (non-hydrogen) atoms. The Morgan fingerprint density at radius 3 is 2.53 bits per heavy atom. The number of carbonyl (C=O) groups excluding carboxylic acids is 1. The highest BCUT2D eigenvalue weighted by Crippen LogP contribution is 2.31. The second-order valence-electron chi connectivity index (χ2n) is 4.23. The molecule has 0 saturated carbocycles. The average molecular weight is 268 g/mol. The fourth-order valence-corrected chi connectivity index (χ4v) is 1.56. The third-order valence-electron chi connectivity index (χ3n) is 2.37. The van der Waals surface area contributed by atoms with Gasteiger partial charge in [0.2, 0.25) is 0 Å². The zero-order valence-electron chi connectivity index (χ0n) is 11.7. The summed E-state index contributed by atoms with van der Waals surface area (Å²) in [5, 5.41) is 9.78. The Kier molecular flexibility index (Phi) is 5.63. The van der Waals surface area contributed by atoms with Crippen LogP contribution in [0.3, 0.4) is 0 Å². The van der Waals surface area contributed by atoms with Gasteiger partial charge in [-0.2, -0.15) is 0 Å². The number of methoxy groups -OCH3 is 1. The van der Waals surface area contributed by atoms with E-state index < -0.39 is 12.1 Å². The Morgan fingerprint density at radius 2 is 2.00 bits per heavy atom. The summed E-state index contributed by atoms with van der Waals surface area (Å²) in [6.07, 6.45) is -1.31. The highest BCUT2D eigenvalue weighted by atomic mass is 16.5. The summed E-state index contributed by atoms with van der Waals surface area (Å²) >= 11 is 0. The van der Waals surface area contributed by atoms with Crippen molar-refractivity contribution >= 4 is 5.97 Å². The highest BCUT2D eigenvalue weighted by Gasteiger charge is 2.20. The molecule has 1 aromatic rings.